The summed E-state index contributed by atoms with van der Waals surface area (Å²) in [6, 6.07) is 8.26. The number of aryl methyl sites for hydroxylation is 1. The smallest absolute Gasteiger partial charge is 0.223 e. The summed E-state index contributed by atoms with van der Waals surface area (Å²) in [5.41, 5.74) is 14.0. The summed E-state index contributed by atoms with van der Waals surface area (Å²) in [6.45, 7) is 19.3. The third kappa shape index (κ3) is 17.0. The quantitative estimate of drug-likeness (QED) is 0.148. The van der Waals surface area contributed by atoms with Gasteiger partial charge < -0.3 is 31.4 Å². The van der Waals surface area contributed by atoms with Crippen LogP contribution >= 0.6 is 11.3 Å². The van der Waals surface area contributed by atoms with E-state index in [4.69, 9.17) is 11.6 Å². The highest BCUT2D eigenvalue weighted by Gasteiger charge is 2.27. The lowest BCUT2D eigenvalue weighted by Crippen LogP contribution is -2.32. The molecule has 0 aliphatic carbocycles. The molecule has 2 atom stereocenters. The molecule has 1 aromatic heterocycles. The van der Waals surface area contributed by atoms with Crippen LogP contribution in [-0.2, 0) is 9.59 Å². The molecule has 11 heteroatoms. The second-order valence-electron chi connectivity index (χ2n) is 11.5. The largest absolute Gasteiger partial charge is 0.400 e. The predicted molar refractivity (Wildman–Crippen MR) is 180 cm³/mol. The number of nitrogens with two attached hydrogens (primary N) is 2. The SMILES string of the molecule is CC.CC(C)(C)CC(=O)N1CCC(O)C1.CCCN(C)C/C(N)=C/NN.Cc1ncsc1-c1ccc([C@H](C)NC=O)cc1. The summed E-state index contributed by atoms with van der Waals surface area (Å²) in [5.74, 6) is 5.22. The summed E-state index contributed by atoms with van der Waals surface area (Å²) in [6.07, 6.45) is 4.47. The van der Waals surface area contributed by atoms with Gasteiger partial charge in [-0.2, -0.15) is 0 Å². The van der Waals surface area contributed by atoms with Crippen LogP contribution in [0.25, 0.3) is 10.4 Å². The Labute approximate surface area is 263 Å². The Bertz CT molecular complexity index is 1070. The third-order valence-electron chi connectivity index (χ3n) is 6.26. The number of thiazole rings is 1. The number of aromatic nitrogens is 1. The molecule has 2 aromatic rings. The average molecular weight is 620 g/mol. The normalized spacial score (nSPS) is 15.2. The molecule has 0 spiro atoms. The molecule has 1 aromatic carbocycles. The molecule has 2 amide bonds. The van der Waals surface area contributed by atoms with E-state index in [0.29, 0.717) is 13.0 Å². The molecule has 3 rings (SSSR count). The van der Waals surface area contributed by atoms with E-state index >= 15 is 0 Å². The molecule has 1 saturated heterocycles. The lowest BCUT2D eigenvalue weighted by molar-refractivity contribution is -0.132. The highest BCUT2D eigenvalue weighted by atomic mass is 32.1. The van der Waals surface area contributed by atoms with Crippen LogP contribution in [0.4, 0.5) is 0 Å². The molecule has 0 bridgehead atoms. The van der Waals surface area contributed by atoms with Gasteiger partial charge in [0, 0.05) is 38.0 Å². The van der Waals surface area contributed by atoms with Gasteiger partial charge in [0.2, 0.25) is 12.3 Å². The zero-order chi connectivity index (χ0) is 33.0. The zero-order valence-corrected chi connectivity index (χ0v) is 28.6. The fourth-order valence-electron chi connectivity index (χ4n) is 4.16. The molecule has 1 aliphatic heterocycles. The van der Waals surface area contributed by atoms with Crippen LogP contribution < -0.4 is 22.3 Å². The van der Waals surface area contributed by atoms with Gasteiger partial charge in [-0.1, -0.05) is 65.8 Å². The van der Waals surface area contributed by atoms with Gasteiger partial charge in [-0.05, 0) is 56.8 Å². The number of carbonyl (C=O) groups excluding carboxylic acids is 2. The fraction of sp³-hybridized carbons (Fsp3) is 0.594. The Kier molecular flexibility index (Phi) is 20.2. The number of benzene rings is 1. The van der Waals surface area contributed by atoms with Gasteiger partial charge >= 0.3 is 0 Å². The van der Waals surface area contributed by atoms with E-state index in [1.54, 1.807) is 22.4 Å². The van der Waals surface area contributed by atoms with Crippen molar-refractivity contribution in [2.45, 2.75) is 86.8 Å². The molecule has 0 radical (unpaired) electrons. The van der Waals surface area contributed by atoms with Gasteiger partial charge in [0.1, 0.15) is 0 Å². The Hall–Kier alpha value is -2.99. The summed E-state index contributed by atoms with van der Waals surface area (Å²) in [4.78, 5) is 31.3. The van der Waals surface area contributed by atoms with Crippen molar-refractivity contribution in [2.24, 2.45) is 17.0 Å². The standard InChI is InChI=1S/C13H14N2OS.C10H19NO2.C7H18N4.C2H6/c1-9(14-7-16)11-3-5-12(6-4-11)13-10(2)15-8-17-13;1-10(2,3)6-9(13)11-5-4-8(12)7-11;1-3-4-11(2)6-7(8)5-10-9;1-2/h3-9H,1-2H3,(H,14,16);8,12H,4-7H2,1-3H3;5,10H,3-4,6,8-9H2,1-2H3;1-2H3/b;;7-5-;/t9-;;;/m0.../s1. The maximum absolute atomic E-state index is 11.6. The van der Waals surface area contributed by atoms with Crippen LogP contribution in [0.15, 0.2) is 41.7 Å². The van der Waals surface area contributed by atoms with Gasteiger partial charge in [0.05, 0.1) is 28.2 Å². The van der Waals surface area contributed by atoms with E-state index in [9.17, 15) is 14.7 Å². The van der Waals surface area contributed by atoms with Crippen LogP contribution in [0, 0.1) is 12.3 Å². The van der Waals surface area contributed by atoms with E-state index in [0.717, 1.165) is 55.8 Å². The van der Waals surface area contributed by atoms with Crippen molar-refractivity contribution in [2.75, 3.05) is 33.2 Å². The lowest BCUT2D eigenvalue weighted by Gasteiger charge is -2.22. The molecular formula is C32H57N7O3S. The van der Waals surface area contributed by atoms with Gasteiger partial charge in [-0.3, -0.25) is 15.4 Å². The monoisotopic (exact) mass is 619 g/mol. The minimum Gasteiger partial charge on any atom is -0.400 e. The first-order valence-corrected chi connectivity index (χ1v) is 15.9. The van der Waals surface area contributed by atoms with Crippen LogP contribution in [0.2, 0.25) is 0 Å². The number of likely N-dealkylation sites (N-methyl/N-ethyl adjacent to an activating group) is 1. The van der Waals surface area contributed by atoms with E-state index in [2.05, 4.69) is 60.5 Å². The molecule has 0 saturated carbocycles. The average Bonchev–Trinajstić information content (AvgIpc) is 3.58. The number of rotatable bonds is 10. The van der Waals surface area contributed by atoms with Crippen molar-refractivity contribution in [1.82, 2.24) is 25.5 Å². The fourth-order valence-corrected chi connectivity index (χ4v) is 4.97. The Morgan fingerprint density at radius 1 is 1.28 bits per heavy atom. The lowest BCUT2D eigenvalue weighted by atomic mass is 9.92. The number of β-amino-alcohol motifs (C(OH)–C–C–N with tert-alkyl or cyclic N) is 1. The molecule has 1 aliphatic rings. The minimum atomic E-state index is -0.302. The summed E-state index contributed by atoms with van der Waals surface area (Å²) < 4.78 is 0. The number of aliphatic hydroxyl groups is 1. The summed E-state index contributed by atoms with van der Waals surface area (Å²) in [7, 11) is 2.03. The van der Waals surface area contributed by atoms with E-state index < -0.39 is 0 Å². The summed E-state index contributed by atoms with van der Waals surface area (Å²) >= 11 is 1.64. The number of nitrogens with one attached hydrogen (secondary N) is 2. The number of hydrazine groups is 1. The Morgan fingerprint density at radius 2 is 1.91 bits per heavy atom. The van der Waals surface area contributed by atoms with Crippen molar-refractivity contribution < 1.29 is 14.7 Å². The number of carbonyl (C=O) groups is 2. The van der Waals surface area contributed by atoms with Crippen molar-refractivity contribution in [1.29, 1.82) is 0 Å². The van der Waals surface area contributed by atoms with Crippen LogP contribution in [0.3, 0.4) is 0 Å². The van der Waals surface area contributed by atoms with Gasteiger partial charge in [0.15, 0.2) is 0 Å². The number of amides is 2. The number of hydrogen-bond donors (Lipinski definition) is 5. The van der Waals surface area contributed by atoms with E-state index in [1.807, 2.05) is 52.4 Å². The number of nitrogens with zero attached hydrogens (tertiary/aromatic N) is 3. The van der Waals surface area contributed by atoms with Crippen molar-refractivity contribution >= 4 is 23.7 Å². The predicted octanol–water partition coefficient (Wildman–Crippen LogP) is 4.56. The number of aliphatic hydroxyl groups excluding tert-OH is 1. The zero-order valence-electron chi connectivity index (χ0n) is 27.8. The highest BCUT2D eigenvalue weighted by molar-refractivity contribution is 7.13. The van der Waals surface area contributed by atoms with Crippen molar-refractivity contribution in [3.8, 4) is 10.4 Å². The molecule has 244 valence electrons. The highest BCUT2D eigenvalue weighted by Crippen LogP contribution is 2.28. The molecule has 1 unspecified atom stereocenters. The van der Waals surface area contributed by atoms with Gasteiger partial charge in [-0.25, -0.2) is 4.98 Å². The first-order valence-electron chi connectivity index (χ1n) is 15.1. The first-order chi connectivity index (χ1) is 20.3. The topological polar surface area (TPSA) is 150 Å². The number of likely N-dealkylation sites (tertiary alicyclic amines) is 1. The van der Waals surface area contributed by atoms with E-state index in [-0.39, 0.29) is 23.5 Å². The Balaban J connectivity index is 0.000000614. The maximum Gasteiger partial charge on any atom is 0.223 e. The van der Waals surface area contributed by atoms with Crippen molar-refractivity contribution in [3.05, 3.63) is 52.9 Å². The molecule has 2 heterocycles. The molecular weight excluding hydrogens is 562 g/mol. The second kappa shape index (κ2) is 21.7. The van der Waals surface area contributed by atoms with Crippen LogP contribution in [0.5, 0.6) is 0 Å². The van der Waals surface area contributed by atoms with Crippen molar-refractivity contribution in [3.63, 3.8) is 0 Å². The first kappa shape index (κ1) is 40.0. The maximum atomic E-state index is 11.6. The summed E-state index contributed by atoms with van der Waals surface area (Å²) in [5, 5.41) is 12.0. The second-order valence-corrected chi connectivity index (χ2v) is 12.4. The van der Waals surface area contributed by atoms with Crippen LogP contribution in [-0.4, -0.2) is 71.5 Å². The third-order valence-corrected chi connectivity index (χ3v) is 7.24. The van der Waals surface area contributed by atoms with E-state index in [1.165, 1.54) is 10.4 Å². The van der Waals surface area contributed by atoms with Gasteiger partial charge in [0.25, 0.3) is 0 Å². The molecule has 10 nitrogen and oxygen atoms in total. The van der Waals surface area contributed by atoms with Crippen LogP contribution in [0.1, 0.15) is 85.0 Å². The molecule has 1 fully saturated rings. The molecule has 7 N–H and O–H groups in total. The minimum absolute atomic E-state index is 0.0455. The number of hydrogen-bond acceptors (Lipinski definition) is 9. The Morgan fingerprint density at radius 3 is 2.35 bits per heavy atom. The van der Waals surface area contributed by atoms with Gasteiger partial charge in [-0.15, -0.1) is 11.3 Å². The molecule has 43 heavy (non-hydrogen) atoms.